The smallest absolute Gasteiger partial charge is 0.275 e. The molecule has 31 heavy (non-hydrogen) atoms. The molecule has 0 atom stereocenters. The lowest BCUT2D eigenvalue weighted by Gasteiger charge is -2.08. The molecular weight excluding hydrogens is 475 g/mol. The normalized spacial score (nSPS) is 10.7. The highest BCUT2D eigenvalue weighted by molar-refractivity contribution is 7.13. The van der Waals surface area contributed by atoms with Crippen LogP contribution in [0.25, 0.3) is 10.6 Å². The molecule has 1 heterocycles. The van der Waals surface area contributed by atoms with Gasteiger partial charge in [0.2, 0.25) is 0 Å². The Morgan fingerprint density at radius 3 is 2.61 bits per heavy atom. The van der Waals surface area contributed by atoms with Gasteiger partial charge in [-0.15, -0.1) is 11.3 Å². The first-order valence-corrected chi connectivity index (χ1v) is 11.2. The Labute approximate surface area is 198 Å². The van der Waals surface area contributed by atoms with Gasteiger partial charge in [-0.1, -0.05) is 59.1 Å². The second kappa shape index (κ2) is 9.71. The van der Waals surface area contributed by atoms with Crippen molar-refractivity contribution in [3.8, 4) is 16.3 Å². The molecule has 8 heteroatoms. The molecule has 1 amide bonds. The maximum Gasteiger partial charge on any atom is 0.275 e. The van der Waals surface area contributed by atoms with E-state index < -0.39 is 0 Å². The standard InChI is InChI=1S/C23H15Cl3N2O2S/c24-16-4-2-5-17(11-16)27-22(29)21-13-31-23(28-21)15-3-1-6-18(10-15)30-12-14-7-8-19(25)20(26)9-14/h1-11,13H,12H2,(H,27,29). The van der Waals surface area contributed by atoms with Gasteiger partial charge >= 0.3 is 0 Å². The van der Waals surface area contributed by atoms with Crippen LogP contribution in [-0.4, -0.2) is 10.9 Å². The van der Waals surface area contributed by atoms with E-state index in [4.69, 9.17) is 39.5 Å². The molecule has 3 aromatic carbocycles. The summed E-state index contributed by atoms with van der Waals surface area (Å²) in [5.74, 6) is 0.389. The van der Waals surface area contributed by atoms with E-state index in [2.05, 4.69) is 10.3 Å². The summed E-state index contributed by atoms with van der Waals surface area (Å²) in [6, 6.07) is 19.9. The summed E-state index contributed by atoms with van der Waals surface area (Å²) in [6.45, 7) is 0.353. The second-order valence-electron chi connectivity index (χ2n) is 6.57. The third-order valence-electron chi connectivity index (χ3n) is 4.29. The maximum atomic E-state index is 12.5. The first-order valence-electron chi connectivity index (χ1n) is 9.17. The molecule has 0 bridgehead atoms. The highest BCUT2D eigenvalue weighted by Gasteiger charge is 2.13. The van der Waals surface area contributed by atoms with Crippen molar-refractivity contribution in [1.29, 1.82) is 0 Å². The van der Waals surface area contributed by atoms with E-state index in [0.29, 0.717) is 38.8 Å². The van der Waals surface area contributed by atoms with Crippen LogP contribution in [0.4, 0.5) is 5.69 Å². The number of nitrogens with zero attached hydrogens (tertiary/aromatic N) is 1. The van der Waals surface area contributed by atoms with Crippen molar-refractivity contribution in [3.63, 3.8) is 0 Å². The van der Waals surface area contributed by atoms with Crippen LogP contribution < -0.4 is 10.1 Å². The van der Waals surface area contributed by atoms with E-state index in [0.717, 1.165) is 16.1 Å². The number of halogens is 3. The van der Waals surface area contributed by atoms with Gasteiger partial charge in [0.1, 0.15) is 23.1 Å². The van der Waals surface area contributed by atoms with Crippen molar-refractivity contribution < 1.29 is 9.53 Å². The molecule has 0 radical (unpaired) electrons. The van der Waals surface area contributed by atoms with Crippen LogP contribution in [0, 0.1) is 0 Å². The van der Waals surface area contributed by atoms with Crippen LogP contribution in [0.5, 0.6) is 5.75 Å². The number of carbonyl (C=O) groups is 1. The van der Waals surface area contributed by atoms with Gasteiger partial charge < -0.3 is 10.1 Å². The lowest BCUT2D eigenvalue weighted by molar-refractivity contribution is 0.102. The lowest BCUT2D eigenvalue weighted by Crippen LogP contribution is -2.12. The molecule has 0 saturated heterocycles. The zero-order valence-electron chi connectivity index (χ0n) is 15.9. The molecule has 1 aromatic heterocycles. The SMILES string of the molecule is O=C(Nc1cccc(Cl)c1)c1csc(-c2cccc(OCc3ccc(Cl)c(Cl)c3)c2)n1. The largest absolute Gasteiger partial charge is 0.489 e. The summed E-state index contributed by atoms with van der Waals surface area (Å²) in [4.78, 5) is 17.0. The van der Waals surface area contributed by atoms with Crippen molar-refractivity contribution in [2.75, 3.05) is 5.32 Å². The number of nitrogens with one attached hydrogen (secondary N) is 1. The van der Waals surface area contributed by atoms with Gasteiger partial charge in [-0.05, 0) is 48.0 Å². The fourth-order valence-corrected chi connectivity index (χ4v) is 4.10. The van der Waals surface area contributed by atoms with Crippen LogP contribution >= 0.6 is 46.1 Å². The van der Waals surface area contributed by atoms with E-state index in [9.17, 15) is 4.79 Å². The number of anilines is 1. The molecule has 0 saturated carbocycles. The number of thiazole rings is 1. The zero-order chi connectivity index (χ0) is 21.8. The van der Waals surface area contributed by atoms with Crippen LogP contribution in [0.2, 0.25) is 15.1 Å². The highest BCUT2D eigenvalue weighted by atomic mass is 35.5. The quantitative estimate of drug-likeness (QED) is 0.303. The molecule has 4 rings (SSSR count). The Bertz CT molecular complexity index is 1240. The van der Waals surface area contributed by atoms with Gasteiger partial charge in [0.15, 0.2) is 0 Å². The number of benzene rings is 3. The number of aromatic nitrogens is 1. The highest BCUT2D eigenvalue weighted by Crippen LogP contribution is 2.28. The van der Waals surface area contributed by atoms with E-state index >= 15 is 0 Å². The van der Waals surface area contributed by atoms with Crippen LogP contribution in [0.3, 0.4) is 0 Å². The van der Waals surface area contributed by atoms with Gasteiger partial charge in [0.05, 0.1) is 10.0 Å². The fraction of sp³-hybridized carbons (Fsp3) is 0.0435. The summed E-state index contributed by atoms with van der Waals surface area (Å²) < 4.78 is 5.88. The average Bonchev–Trinajstić information content (AvgIpc) is 3.25. The van der Waals surface area contributed by atoms with Crippen LogP contribution in [0.15, 0.2) is 72.1 Å². The third kappa shape index (κ3) is 5.57. The molecule has 0 aliphatic rings. The topological polar surface area (TPSA) is 51.2 Å². The van der Waals surface area contributed by atoms with Crippen LogP contribution in [0.1, 0.15) is 16.1 Å². The molecule has 0 aliphatic heterocycles. The second-order valence-corrected chi connectivity index (χ2v) is 8.68. The molecule has 4 aromatic rings. The monoisotopic (exact) mass is 488 g/mol. The Hall–Kier alpha value is -2.57. The summed E-state index contributed by atoms with van der Waals surface area (Å²) in [6.07, 6.45) is 0. The van der Waals surface area contributed by atoms with Crippen molar-refractivity contribution in [2.45, 2.75) is 6.61 Å². The molecule has 1 N–H and O–H groups in total. The van der Waals surface area contributed by atoms with Crippen molar-refractivity contribution in [2.24, 2.45) is 0 Å². The molecular formula is C23H15Cl3N2O2S. The van der Waals surface area contributed by atoms with Gasteiger partial charge in [0.25, 0.3) is 5.91 Å². The predicted molar refractivity (Wildman–Crippen MR) is 128 cm³/mol. The summed E-state index contributed by atoms with van der Waals surface area (Å²) in [7, 11) is 0. The number of hydrogen-bond acceptors (Lipinski definition) is 4. The molecule has 4 nitrogen and oxygen atoms in total. The Balaban J connectivity index is 1.45. The first-order chi connectivity index (χ1) is 15.0. The zero-order valence-corrected chi connectivity index (χ0v) is 19.0. The lowest BCUT2D eigenvalue weighted by atomic mass is 10.2. The summed E-state index contributed by atoms with van der Waals surface area (Å²) in [5.41, 5.74) is 2.72. The van der Waals surface area contributed by atoms with Gasteiger partial charge in [-0.25, -0.2) is 4.98 Å². The molecule has 156 valence electrons. The fourth-order valence-electron chi connectivity index (χ4n) is 2.79. The Morgan fingerprint density at radius 2 is 1.81 bits per heavy atom. The number of rotatable bonds is 6. The number of amides is 1. The Kier molecular flexibility index (Phi) is 6.78. The van der Waals surface area contributed by atoms with Crippen molar-refractivity contribution in [1.82, 2.24) is 4.98 Å². The average molecular weight is 490 g/mol. The van der Waals surface area contributed by atoms with Crippen LogP contribution in [-0.2, 0) is 6.61 Å². The maximum absolute atomic E-state index is 12.5. The third-order valence-corrected chi connectivity index (χ3v) is 6.16. The Morgan fingerprint density at radius 1 is 0.968 bits per heavy atom. The number of ether oxygens (including phenoxy) is 1. The molecule has 0 fully saturated rings. The molecule has 0 unspecified atom stereocenters. The molecule has 0 spiro atoms. The van der Waals surface area contributed by atoms with E-state index in [-0.39, 0.29) is 5.91 Å². The minimum absolute atomic E-state index is 0.295. The first kappa shape index (κ1) is 21.7. The van der Waals surface area contributed by atoms with Crippen molar-refractivity contribution >= 4 is 57.7 Å². The number of hydrogen-bond donors (Lipinski definition) is 1. The summed E-state index contributed by atoms with van der Waals surface area (Å²) >= 11 is 19.4. The van der Waals surface area contributed by atoms with Gasteiger partial charge in [-0.3, -0.25) is 4.79 Å². The van der Waals surface area contributed by atoms with Gasteiger partial charge in [0, 0.05) is 21.7 Å². The summed E-state index contributed by atoms with van der Waals surface area (Å²) in [5, 5.41) is 6.78. The predicted octanol–water partition coefficient (Wildman–Crippen LogP) is 7.60. The van der Waals surface area contributed by atoms with E-state index in [1.807, 2.05) is 30.3 Å². The molecule has 0 aliphatic carbocycles. The minimum Gasteiger partial charge on any atom is -0.489 e. The minimum atomic E-state index is -0.295. The van der Waals surface area contributed by atoms with Crippen molar-refractivity contribution in [3.05, 3.63) is 98.4 Å². The van der Waals surface area contributed by atoms with E-state index in [1.165, 1.54) is 11.3 Å². The van der Waals surface area contributed by atoms with E-state index in [1.54, 1.807) is 41.8 Å². The number of carbonyl (C=O) groups excluding carboxylic acids is 1. The van der Waals surface area contributed by atoms with Gasteiger partial charge in [-0.2, -0.15) is 0 Å².